The average molecular weight is 198 g/mol. The molecule has 1 saturated carbocycles. The van der Waals surface area contributed by atoms with E-state index in [1.165, 1.54) is 0 Å². The van der Waals surface area contributed by atoms with E-state index in [9.17, 15) is 9.18 Å². The van der Waals surface area contributed by atoms with E-state index in [-0.39, 0.29) is 11.8 Å². The second-order valence-electron chi connectivity index (χ2n) is 4.76. The zero-order valence-corrected chi connectivity index (χ0v) is 8.08. The monoisotopic (exact) mass is 198 g/mol. The number of amides is 1. The summed E-state index contributed by atoms with van der Waals surface area (Å²) in [5.74, 6) is 0.373. The highest BCUT2D eigenvalue weighted by Gasteiger charge is 2.49. The zero-order chi connectivity index (χ0) is 9.71. The van der Waals surface area contributed by atoms with E-state index in [2.05, 4.69) is 5.32 Å². The maximum atomic E-state index is 12.8. The summed E-state index contributed by atoms with van der Waals surface area (Å²) in [6, 6.07) is 0.342. The van der Waals surface area contributed by atoms with Crippen molar-refractivity contribution in [3.8, 4) is 0 Å². The second-order valence-corrected chi connectivity index (χ2v) is 4.76. The van der Waals surface area contributed by atoms with Gasteiger partial charge in [0.15, 0.2) is 0 Å². The van der Waals surface area contributed by atoms with E-state index in [0.29, 0.717) is 18.4 Å². The molecule has 3 fully saturated rings. The van der Waals surface area contributed by atoms with Gasteiger partial charge in [0.1, 0.15) is 6.17 Å². The lowest BCUT2D eigenvalue weighted by atomic mass is 10.0. The predicted octanol–water partition coefficient (Wildman–Crippen LogP) is 0.165. The Morgan fingerprint density at radius 3 is 2.79 bits per heavy atom. The fourth-order valence-corrected chi connectivity index (χ4v) is 2.71. The summed E-state index contributed by atoms with van der Waals surface area (Å²) in [5.41, 5.74) is 0. The molecule has 1 aliphatic carbocycles. The van der Waals surface area contributed by atoms with Crippen LogP contribution in [0.1, 0.15) is 12.8 Å². The molecule has 0 aromatic rings. The van der Waals surface area contributed by atoms with Gasteiger partial charge in [-0.2, -0.15) is 0 Å². The van der Waals surface area contributed by atoms with Crippen molar-refractivity contribution < 1.29 is 9.18 Å². The number of alkyl halides is 1. The van der Waals surface area contributed by atoms with Crippen LogP contribution in [0.4, 0.5) is 4.39 Å². The summed E-state index contributed by atoms with van der Waals surface area (Å²) >= 11 is 0. The van der Waals surface area contributed by atoms with Crippen LogP contribution < -0.4 is 5.32 Å². The molecule has 0 radical (unpaired) electrons. The van der Waals surface area contributed by atoms with Gasteiger partial charge in [0.2, 0.25) is 5.91 Å². The quantitative estimate of drug-likeness (QED) is 0.651. The van der Waals surface area contributed by atoms with Crippen LogP contribution in [0.25, 0.3) is 0 Å². The lowest BCUT2D eigenvalue weighted by Gasteiger charge is -2.24. The molecule has 4 atom stereocenters. The Hall–Kier alpha value is -0.640. The minimum Gasteiger partial charge on any atom is -0.338 e. The number of halogens is 1. The number of fused-ring (bicyclic) bond motifs is 2. The molecule has 1 amide bonds. The standard InChI is InChI=1S/C10H15FN2O/c11-9-2-8(9)10(14)13-5-6-1-7(13)4-12-3-6/h6-9,12H,1-5H2/t6-,7+,8+,9-/m1/s1. The van der Waals surface area contributed by atoms with E-state index >= 15 is 0 Å². The average Bonchev–Trinajstić information content (AvgIpc) is 2.84. The largest absolute Gasteiger partial charge is 0.338 e. The van der Waals surface area contributed by atoms with Crippen molar-refractivity contribution in [1.29, 1.82) is 0 Å². The first-order valence-corrected chi connectivity index (χ1v) is 5.41. The number of likely N-dealkylation sites (tertiary alicyclic amines) is 1. The number of carbonyl (C=O) groups is 1. The third kappa shape index (κ3) is 1.24. The number of hydrogen-bond donors (Lipinski definition) is 1. The van der Waals surface area contributed by atoms with Crippen molar-refractivity contribution in [3.63, 3.8) is 0 Å². The molecule has 0 spiro atoms. The summed E-state index contributed by atoms with van der Waals surface area (Å²) in [4.78, 5) is 13.7. The molecule has 1 N–H and O–H groups in total. The number of rotatable bonds is 1. The molecule has 4 heteroatoms. The molecular formula is C10H15FN2O. The highest BCUT2D eigenvalue weighted by Crippen LogP contribution is 2.38. The van der Waals surface area contributed by atoms with Crippen molar-refractivity contribution in [2.24, 2.45) is 11.8 Å². The molecule has 0 unspecified atom stereocenters. The van der Waals surface area contributed by atoms with Gasteiger partial charge in [0.05, 0.1) is 5.92 Å². The van der Waals surface area contributed by atoms with Crippen LogP contribution >= 0.6 is 0 Å². The molecular weight excluding hydrogens is 183 g/mol. The molecule has 14 heavy (non-hydrogen) atoms. The van der Waals surface area contributed by atoms with Crippen molar-refractivity contribution in [1.82, 2.24) is 10.2 Å². The highest BCUT2D eigenvalue weighted by molar-refractivity contribution is 5.82. The van der Waals surface area contributed by atoms with Gasteiger partial charge in [-0.1, -0.05) is 0 Å². The first-order chi connectivity index (χ1) is 6.75. The Kier molecular flexibility index (Phi) is 1.81. The van der Waals surface area contributed by atoms with Crippen LogP contribution in [0.5, 0.6) is 0 Å². The van der Waals surface area contributed by atoms with Gasteiger partial charge < -0.3 is 10.2 Å². The van der Waals surface area contributed by atoms with Gasteiger partial charge in [-0.3, -0.25) is 4.79 Å². The summed E-state index contributed by atoms with van der Waals surface area (Å²) in [5, 5.41) is 3.31. The number of nitrogens with one attached hydrogen (secondary N) is 1. The van der Waals surface area contributed by atoms with Gasteiger partial charge >= 0.3 is 0 Å². The maximum absolute atomic E-state index is 12.8. The fourth-order valence-electron chi connectivity index (χ4n) is 2.71. The SMILES string of the molecule is O=C([C@H]1C[C@H]1F)N1C[C@H]2CNC[C@@H]1C2. The minimum absolute atomic E-state index is 0.0636. The second kappa shape index (κ2) is 2.92. The molecule has 2 bridgehead atoms. The molecule has 3 rings (SSSR count). The van der Waals surface area contributed by atoms with E-state index in [0.717, 1.165) is 26.1 Å². The summed E-state index contributed by atoms with van der Waals surface area (Å²) in [6.45, 7) is 2.76. The summed E-state index contributed by atoms with van der Waals surface area (Å²) in [7, 11) is 0. The predicted molar refractivity (Wildman–Crippen MR) is 49.5 cm³/mol. The summed E-state index contributed by atoms with van der Waals surface area (Å²) in [6.07, 6.45) is 0.721. The molecule has 0 aromatic carbocycles. The third-order valence-corrected chi connectivity index (χ3v) is 3.63. The molecule has 3 nitrogen and oxygen atoms in total. The van der Waals surface area contributed by atoms with Crippen LogP contribution in [-0.4, -0.2) is 42.7 Å². The van der Waals surface area contributed by atoms with Crippen molar-refractivity contribution >= 4 is 5.91 Å². The Labute approximate surface area is 82.6 Å². The fraction of sp³-hybridized carbons (Fsp3) is 0.900. The third-order valence-electron chi connectivity index (χ3n) is 3.63. The smallest absolute Gasteiger partial charge is 0.229 e. The molecule has 78 valence electrons. The number of carbonyl (C=O) groups excluding carboxylic acids is 1. The number of nitrogens with zero attached hydrogens (tertiary/aromatic N) is 1. The van der Waals surface area contributed by atoms with Gasteiger partial charge in [-0.15, -0.1) is 0 Å². The van der Waals surface area contributed by atoms with Crippen LogP contribution in [0, 0.1) is 11.8 Å². The van der Waals surface area contributed by atoms with E-state index in [4.69, 9.17) is 0 Å². The summed E-state index contributed by atoms with van der Waals surface area (Å²) < 4.78 is 12.8. The first-order valence-electron chi connectivity index (χ1n) is 5.41. The van der Waals surface area contributed by atoms with Crippen molar-refractivity contribution in [3.05, 3.63) is 0 Å². The number of hydrogen-bond acceptors (Lipinski definition) is 2. The van der Waals surface area contributed by atoms with Gasteiger partial charge in [-0.05, 0) is 25.3 Å². The normalized spacial score (nSPS) is 45.4. The first kappa shape index (κ1) is 8.65. The van der Waals surface area contributed by atoms with Crippen molar-refractivity contribution in [2.45, 2.75) is 25.1 Å². The zero-order valence-electron chi connectivity index (χ0n) is 8.08. The molecule has 2 heterocycles. The lowest BCUT2D eigenvalue weighted by molar-refractivity contribution is -0.133. The van der Waals surface area contributed by atoms with E-state index < -0.39 is 6.17 Å². The minimum atomic E-state index is -0.851. The van der Waals surface area contributed by atoms with Gasteiger partial charge in [0, 0.05) is 19.1 Å². The van der Waals surface area contributed by atoms with Gasteiger partial charge in [0.25, 0.3) is 0 Å². The van der Waals surface area contributed by atoms with Gasteiger partial charge in [-0.25, -0.2) is 4.39 Å². The topological polar surface area (TPSA) is 32.3 Å². The lowest BCUT2D eigenvalue weighted by Crippen LogP contribution is -2.42. The Morgan fingerprint density at radius 1 is 1.36 bits per heavy atom. The van der Waals surface area contributed by atoms with Crippen molar-refractivity contribution in [2.75, 3.05) is 19.6 Å². The number of piperidine rings is 1. The van der Waals surface area contributed by atoms with Crippen LogP contribution in [0.2, 0.25) is 0 Å². The van der Waals surface area contributed by atoms with Crippen LogP contribution in [0.15, 0.2) is 0 Å². The Morgan fingerprint density at radius 2 is 2.14 bits per heavy atom. The van der Waals surface area contributed by atoms with E-state index in [1.54, 1.807) is 0 Å². The molecule has 0 aromatic heterocycles. The van der Waals surface area contributed by atoms with E-state index in [1.807, 2.05) is 4.90 Å². The van der Waals surface area contributed by atoms with Crippen LogP contribution in [-0.2, 0) is 4.79 Å². The molecule has 3 aliphatic rings. The molecule has 2 aliphatic heterocycles. The molecule has 2 saturated heterocycles. The Balaban J connectivity index is 1.70. The Bertz CT molecular complexity index is 271. The van der Waals surface area contributed by atoms with Crippen LogP contribution in [0.3, 0.4) is 0 Å². The highest BCUT2D eigenvalue weighted by atomic mass is 19.1. The maximum Gasteiger partial charge on any atom is 0.229 e.